The van der Waals surface area contributed by atoms with E-state index in [0.29, 0.717) is 22.8 Å². The summed E-state index contributed by atoms with van der Waals surface area (Å²) in [6.45, 7) is 2.49. The molecule has 6 heteroatoms. The van der Waals surface area contributed by atoms with E-state index >= 15 is 0 Å². The van der Waals surface area contributed by atoms with Crippen LogP contribution in [0.25, 0.3) is 0 Å². The van der Waals surface area contributed by atoms with Crippen molar-refractivity contribution in [3.05, 3.63) is 46.7 Å². The largest absolute Gasteiger partial charge is 0.326 e. The third kappa shape index (κ3) is 4.41. The van der Waals surface area contributed by atoms with Gasteiger partial charge in [-0.25, -0.2) is 0 Å². The summed E-state index contributed by atoms with van der Waals surface area (Å²) in [5.74, 6) is -0.276. The molecule has 0 radical (unpaired) electrons. The van der Waals surface area contributed by atoms with E-state index in [1.165, 1.54) is 11.3 Å². The molecular weight excluding hydrogens is 298 g/mol. The van der Waals surface area contributed by atoms with Crippen LogP contribution >= 0.6 is 11.3 Å². The number of carbonyl (C=O) groups excluding carboxylic acids is 2. The average molecular weight is 317 g/mol. The van der Waals surface area contributed by atoms with Crippen molar-refractivity contribution in [1.82, 2.24) is 5.32 Å². The van der Waals surface area contributed by atoms with Gasteiger partial charge in [0.05, 0.1) is 4.88 Å². The van der Waals surface area contributed by atoms with E-state index in [1.807, 2.05) is 25.4 Å². The number of benzene rings is 1. The second-order valence-electron chi connectivity index (χ2n) is 4.96. The molecule has 1 heterocycles. The predicted molar refractivity (Wildman–Crippen MR) is 90.4 cm³/mol. The lowest BCUT2D eigenvalue weighted by Crippen LogP contribution is -2.28. The molecule has 1 aromatic carbocycles. The Kier molecular flexibility index (Phi) is 5.68. The summed E-state index contributed by atoms with van der Waals surface area (Å²) >= 11 is 1.39. The first-order valence-corrected chi connectivity index (χ1v) is 7.88. The third-order valence-corrected chi connectivity index (χ3v) is 3.98. The third-order valence-electron chi connectivity index (χ3n) is 3.11. The molecule has 116 valence electrons. The molecule has 0 aliphatic carbocycles. The predicted octanol–water partition coefficient (Wildman–Crippen LogP) is 2.79. The second-order valence-corrected chi connectivity index (χ2v) is 5.90. The van der Waals surface area contributed by atoms with Crippen LogP contribution in [0.5, 0.6) is 0 Å². The van der Waals surface area contributed by atoms with Crippen LogP contribution in [0.3, 0.4) is 0 Å². The van der Waals surface area contributed by atoms with Gasteiger partial charge in [-0.1, -0.05) is 13.0 Å². The van der Waals surface area contributed by atoms with Crippen molar-refractivity contribution in [3.8, 4) is 0 Å². The van der Waals surface area contributed by atoms with E-state index in [2.05, 4.69) is 16.0 Å². The highest BCUT2D eigenvalue weighted by Gasteiger charge is 2.12. The highest BCUT2D eigenvalue weighted by Crippen LogP contribution is 2.16. The number of hydrogen-bond donors (Lipinski definition) is 3. The minimum atomic E-state index is -0.130. The Bertz CT molecular complexity index is 623. The molecule has 2 rings (SSSR count). The molecule has 0 bridgehead atoms. The molecule has 2 aromatic rings. The Balaban J connectivity index is 1.93. The van der Waals surface area contributed by atoms with Crippen LogP contribution in [-0.2, 0) is 4.79 Å². The van der Waals surface area contributed by atoms with Gasteiger partial charge in [0.15, 0.2) is 0 Å². The topological polar surface area (TPSA) is 70.2 Å². The molecule has 0 spiro atoms. The van der Waals surface area contributed by atoms with Gasteiger partial charge in [0.2, 0.25) is 5.91 Å². The molecule has 0 fully saturated rings. The molecule has 22 heavy (non-hydrogen) atoms. The molecule has 0 aliphatic heterocycles. The SMILES string of the molecule is CNCC(C)C(=O)Nc1ccc(NC(=O)c2cccs2)cc1. The lowest BCUT2D eigenvalue weighted by molar-refractivity contribution is -0.119. The molecule has 2 amide bonds. The first-order chi connectivity index (χ1) is 10.6. The summed E-state index contributed by atoms with van der Waals surface area (Å²) in [6.07, 6.45) is 0. The molecule has 1 unspecified atom stereocenters. The van der Waals surface area contributed by atoms with E-state index in [0.717, 1.165) is 0 Å². The van der Waals surface area contributed by atoms with Gasteiger partial charge >= 0.3 is 0 Å². The molecule has 0 saturated carbocycles. The fourth-order valence-electron chi connectivity index (χ4n) is 1.90. The van der Waals surface area contributed by atoms with Crippen molar-refractivity contribution in [2.45, 2.75) is 6.92 Å². The quantitative estimate of drug-likeness (QED) is 0.767. The Morgan fingerprint density at radius 2 is 1.73 bits per heavy atom. The van der Waals surface area contributed by atoms with Crippen LogP contribution in [0.15, 0.2) is 41.8 Å². The van der Waals surface area contributed by atoms with E-state index in [4.69, 9.17) is 0 Å². The number of amides is 2. The maximum Gasteiger partial charge on any atom is 0.265 e. The van der Waals surface area contributed by atoms with Gasteiger partial charge in [-0.2, -0.15) is 0 Å². The molecule has 5 nitrogen and oxygen atoms in total. The van der Waals surface area contributed by atoms with Crippen molar-refractivity contribution in [2.24, 2.45) is 5.92 Å². The smallest absolute Gasteiger partial charge is 0.265 e. The number of nitrogens with one attached hydrogen (secondary N) is 3. The normalized spacial score (nSPS) is 11.7. The maximum atomic E-state index is 11.9. The lowest BCUT2D eigenvalue weighted by atomic mass is 10.1. The van der Waals surface area contributed by atoms with E-state index in [-0.39, 0.29) is 17.7 Å². The Labute approximate surface area is 133 Å². The highest BCUT2D eigenvalue weighted by molar-refractivity contribution is 7.12. The van der Waals surface area contributed by atoms with Crippen molar-refractivity contribution in [3.63, 3.8) is 0 Å². The molecule has 3 N–H and O–H groups in total. The standard InChI is InChI=1S/C16H19N3O2S/c1-11(10-17-2)15(20)18-12-5-7-13(8-6-12)19-16(21)14-4-3-9-22-14/h3-9,11,17H,10H2,1-2H3,(H,18,20)(H,19,21). The van der Waals surface area contributed by atoms with Crippen molar-refractivity contribution >= 4 is 34.5 Å². The first kappa shape index (κ1) is 16.2. The maximum absolute atomic E-state index is 11.9. The summed E-state index contributed by atoms with van der Waals surface area (Å²) in [5.41, 5.74) is 1.40. The van der Waals surface area contributed by atoms with Crippen LogP contribution < -0.4 is 16.0 Å². The van der Waals surface area contributed by atoms with E-state index < -0.39 is 0 Å². The summed E-state index contributed by atoms with van der Waals surface area (Å²) < 4.78 is 0. The van der Waals surface area contributed by atoms with Gasteiger partial charge in [-0.05, 0) is 42.8 Å². The van der Waals surface area contributed by atoms with Crippen molar-refractivity contribution in [1.29, 1.82) is 0 Å². The van der Waals surface area contributed by atoms with Gasteiger partial charge in [0.1, 0.15) is 0 Å². The van der Waals surface area contributed by atoms with Crippen LogP contribution in [-0.4, -0.2) is 25.4 Å². The Morgan fingerprint density at radius 1 is 1.09 bits per heavy atom. The van der Waals surface area contributed by atoms with Gasteiger partial charge in [-0.3, -0.25) is 9.59 Å². The molecule has 0 aliphatic rings. The van der Waals surface area contributed by atoms with Gasteiger partial charge in [0, 0.05) is 23.8 Å². The van der Waals surface area contributed by atoms with Crippen LogP contribution in [0.1, 0.15) is 16.6 Å². The number of thiophene rings is 1. The number of hydrogen-bond acceptors (Lipinski definition) is 4. The van der Waals surface area contributed by atoms with Gasteiger partial charge < -0.3 is 16.0 Å². The van der Waals surface area contributed by atoms with Crippen LogP contribution in [0.2, 0.25) is 0 Å². The fraction of sp³-hybridized carbons (Fsp3) is 0.250. The zero-order chi connectivity index (χ0) is 15.9. The van der Waals surface area contributed by atoms with E-state index in [9.17, 15) is 9.59 Å². The Hall–Kier alpha value is -2.18. The number of anilines is 2. The fourth-order valence-corrected chi connectivity index (χ4v) is 2.52. The van der Waals surface area contributed by atoms with Gasteiger partial charge in [-0.15, -0.1) is 11.3 Å². The van der Waals surface area contributed by atoms with Crippen molar-refractivity contribution < 1.29 is 9.59 Å². The number of rotatable bonds is 6. The zero-order valence-electron chi connectivity index (χ0n) is 12.6. The summed E-state index contributed by atoms with van der Waals surface area (Å²) in [4.78, 5) is 24.5. The first-order valence-electron chi connectivity index (χ1n) is 7.00. The summed E-state index contributed by atoms with van der Waals surface area (Å²) in [6, 6.07) is 10.7. The van der Waals surface area contributed by atoms with E-state index in [1.54, 1.807) is 30.3 Å². The zero-order valence-corrected chi connectivity index (χ0v) is 13.4. The van der Waals surface area contributed by atoms with Crippen LogP contribution in [0.4, 0.5) is 11.4 Å². The Morgan fingerprint density at radius 3 is 2.27 bits per heavy atom. The molecule has 0 saturated heterocycles. The minimum Gasteiger partial charge on any atom is -0.326 e. The molecule has 1 atom stereocenters. The van der Waals surface area contributed by atoms with Gasteiger partial charge in [0.25, 0.3) is 5.91 Å². The average Bonchev–Trinajstić information content (AvgIpc) is 3.04. The lowest BCUT2D eigenvalue weighted by Gasteiger charge is -2.12. The number of carbonyl (C=O) groups is 2. The summed E-state index contributed by atoms with van der Waals surface area (Å²) in [7, 11) is 1.81. The molecular formula is C16H19N3O2S. The molecule has 1 aromatic heterocycles. The van der Waals surface area contributed by atoms with Crippen LogP contribution in [0, 0.1) is 5.92 Å². The second kappa shape index (κ2) is 7.72. The highest BCUT2D eigenvalue weighted by atomic mass is 32.1. The summed E-state index contributed by atoms with van der Waals surface area (Å²) in [5, 5.41) is 10.5. The minimum absolute atomic E-state index is 0.0373. The monoisotopic (exact) mass is 317 g/mol. The van der Waals surface area contributed by atoms with Crippen molar-refractivity contribution in [2.75, 3.05) is 24.2 Å².